The summed E-state index contributed by atoms with van der Waals surface area (Å²) < 4.78 is 12.1. The number of nitrogens with zero attached hydrogens (tertiary/aromatic N) is 2. The van der Waals surface area contributed by atoms with Crippen molar-refractivity contribution in [2.75, 3.05) is 6.61 Å². The SMILES string of the molecule is CCCOc1ccc([C@@H]2Oc3ccccc3[C@H]3CC(c4cccs4)=NN32)cc1. The summed E-state index contributed by atoms with van der Waals surface area (Å²) in [6, 6.07) is 20.9. The third-order valence-corrected chi connectivity index (χ3v) is 6.06. The molecule has 0 radical (unpaired) electrons. The van der Waals surface area contributed by atoms with Crippen LogP contribution in [0.4, 0.5) is 0 Å². The molecule has 0 saturated carbocycles. The average molecular weight is 391 g/mol. The zero-order valence-electron chi connectivity index (χ0n) is 15.7. The Morgan fingerprint density at radius 1 is 1.11 bits per heavy atom. The lowest BCUT2D eigenvalue weighted by atomic mass is 9.98. The summed E-state index contributed by atoms with van der Waals surface area (Å²) in [6.07, 6.45) is 1.66. The second-order valence-electron chi connectivity index (χ2n) is 7.05. The van der Waals surface area contributed by atoms with Gasteiger partial charge < -0.3 is 9.47 Å². The van der Waals surface area contributed by atoms with Crippen LogP contribution in [0.2, 0.25) is 0 Å². The first-order valence-electron chi connectivity index (χ1n) is 9.71. The molecule has 142 valence electrons. The molecule has 0 spiro atoms. The van der Waals surface area contributed by atoms with Gasteiger partial charge in [-0.3, -0.25) is 0 Å². The molecule has 0 saturated heterocycles. The van der Waals surface area contributed by atoms with Gasteiger partial charge >= 0.3 is 0 Å². The molecule has 0 bridgehead atoms. The number of rotatable bonds is 5. The summed E-state index contributed by atoms with van der Waals surface area (Å²) in [6.45, 7) is 2.84. The Labute approximate surface area is 169 Å². The molecule has 0 amide bonds. The van der Waals surface area contributed by atoms with Crippen LogP contribution in [0.5, 0.6) is 11.5 Å². The predicted octanol–water partition coefficient (Wildman–Crippen LogP) is 5.78. The Morgan fingerprint density at radius 2 is 1.96 bits per heavy atom. The van der Waals surface area contributed by atoms with E-state index in [1.165, 1.54) is 10.4 Å². The lowest BCUT2D eigenvalue weighted by molar-refractivity contribution is -0.0190. The summed E-state index contributed by atoms with van der Waals surface area (Å²) in [5.41, 5.74) is 3.42. The largest absolute Gasteiger partial charge is 0.494 e. The molecular formula is C23H22N2O2S. The molecule has 4 nitrogen and oxygen atoms in total. The number of fused-ring (bicyclic) bond motifs is 3. The molecule has 28 heavy (non-hydrogen) atoms. The van der Waals surface area contributed by atoms with E-state index >= 15 is 0 Å². The average Bonchev–Trinajstić information content (AvgIpc) is 3.42. The van der Waals surface area contributed by atoms with Gasteiger partial charge in [-0.15, -0.1) is 11.3 Å². The molecule has 0 N–H and O–H groups in total. The first-order chi connectivity index (χ1) is 13.8. The molecule has 2 aliphatic rings. The third-order valence-electron chi connectivity index (χ3n) is 5.14. The molecule has 5 heteroatoms. The number of hydrogen-bond donors (Lipinski definition) is 0. The fourth-order valence-corrected chi connectivity index (χ4v) is 4.52. The molecule has 2 aromatic carbocycles. The van der Waals surface area contributed by atoms with Gasteiger partial charge in [0.15, 0.2) is 0 Å². The first-order valence-corrected chi connectivity index (χ1v) is 10.6. The van der Waals surface area contributed by atoms with Gasteiger partial charge in [-0.1, -0.05) is 31.2 Å². The van der Waals surface area contributed by atoms with E-state index in [0.717, 1.165) is 42.2 Å². The number of thiophene rings is 1. The van der Waals surface area contributed by atoms with Crippen LogP contribution in [0.15, 0.2) is 71.1 Å². The topological polar surface area (TPSA) is 34.1 Å². The van der Waals surface area contributed by atoms with E-state index in [1.807, 2.05) is 18.2 Å². The van der Waals surface area contributed by atoms with Crippen molar-refractivity contribution in [1.82, 2.24) is 5.01 Å². The van der Waals surface area contributed by atoms with E-state index in [9.17, 15) is 0 Å². The maximum absolute atomic E-state index is 6.40. The molecular weight excluding hydrogens is 368 g/mol. The summed E-state index contributed by atoms with van der Waals surface area (Å²) in [5, 5.41) is 9.21. The van der Waals surface area contributed by atoms with Crippen LogP contribution in [0.1, 0.15) is 48.0 Å². The van der Waals surface area contributed by atoms with E-state index in [4.69, 9.17) is 14.6 Å². The van der Waals surface area contributed by atoms with Gasteiger partial charge in [-0.05, 0) is 48.2 Å². The highest BCUT2D eigenvalue weighted by molar-refractivity contribution is 7.12. The molecule has 0 unspecified atom stereocenters. The van der Waals surface area contributed by atoms with Crippen LogP contribution >= 0.6 is 11.3 Å². The number of ether oxygens (including phenoxy) is 2. The summed E-state index contributed by atoms with van der Waals surface area (Å²) in [4.78, 5) is 1.23. The zero-order valence-corrected chi connectivity index (χ0v) is 16.6. The highest BCUT2D eigenvalue weighted by Crippen LogP contribution is 2.47. The Balaban J connectivity index is 1.50. The zero-order chi connectivity index (χ0) is 18.9. The van der Waals surface area contributed by atoms with E-state index in [2.05, 4.69) is 59.8 Å². The Morgan fingerprint density at radius 3 is 2.75 bits per heavy atom. The molecule has 1 aromatic heterocycles. The maximum Gasteiger partial charge on any atom is 0.213 e. The molecule has 2 aliphatic heterocycles. The van der Waals surface area contributed by atoms with Crippen LogP contribution in [0.3, 0.4) is 0 Å². The van der Waals surface area contributed by atoms with Gasteiger partial charge in [0.1, 0.15) is 11.5 Å². The van der Waals surface area contributed by atoms with Gasteiger partial charge in [0.2, 0.25) is 6.23 Å². The van der Waals surface area contributed by atoms with Crippen LogP contribution in [0, 0.1) is 0 Å². The number of hydrogen-bond acceptors (Lipinski definition) is 5. The Bertz CT molecular complexity index is 982. The maximum atomic E-state index is 6.40. The van der Waals surface area contributed by atoms with E-state index in [1.54, 1.807) is 11.3 Å². The normalized spacial score (nSPS) is 20.2. The third kappa shape index (κ3) is 3.06. The van der Waals surface area contributed by atoms with Gasteiger partial charge in [-0.2, -0.15) is 5.10 Å². The molecule has 0 aliphatic carbocycles. The van der Waals surface area contributed by atoms with Crippen LogP contribution in [-0.2, 0) is 0 Å². The summed E-state index contributed by atoms with van der Waals surface area (Å²) in [5.74, 6) is 1.84. The van der Waals surface area contributed by atoms with E-state index in [0.29, 0.717) is 0 Å². The van der Waals surface area contributed by atoms with Gasteiger partial charge in [0.05, 0.1) is 23.2 Å². The standard InChI is InChI=1S/C23H22N2O2S/c1-2-13-26-17-11-9-16(10-12-17)23-25-20(18-6-3-4-7-21(18)27-23)15-19(24-25)22-8-5-14-28-22/h3-12,14,20,23H,2,13,15H2,1H3/t20-,23+/m1/s1. The Hall–Kier alpha value is -2.79. The van der Waals surface area contributed by atoms with Gasteiger partial charge in [-0.25, -0.2) is 5.01 Å². The minimum absolute atomic E-state index is 0.197. The second kappa shape index (κ2) is 7.32. The van der Waals surface area contributed by atoms with Crippen LogP contribution < -0.4 is 9.47 Å². The van der Waals surface area contributed by atoms with Crippen LogP contribution in [-0.4, -0.2) is 17.3 Å². The minimum atomic E-state index is -0.238. The van der Waals surface area contributed by atoms with E-state index in [-0.39, 0.29) is 12.3 Å². The first kappa shape index (κ1) is 17.3. The summed E-state index contributed by atoms with van der Waals surface area (Å²) in [7, 11) is 0. The quantitative estimate of drug-likeness (QED) is 0.554. The molecule has 5 rings (SSSR count). The van der Waals surface area contributed by atoms with Crippen molar-refractivity contribution in [3.05, 3.63) is 82.0 Å². The van der Waals surface area contributed by atoms with Crippen molar-refractivity contribution < 1.29 is 9.47 Å². The highest BCUT2D eigenvalue weighted by Gasteiger charge is 2.40. The van der Waals surface area contributed by atoms with Crippen molar-refractivity contribution in [2.45, 2.75) is 32.0 Å². The highest BCUT2D eigenvalue weighted by atomic mass is 32.1. The van der Waals surface area contributed by atoms with Crippen molar-refractivity contribution in [3.8, 4) is 11.5 Å². The number of para-hydroxylation sites is 1. The van der Waals surface area contributed by atoms with Crippen molar-refractivity contribution in [2.24, 2.45) is 5.10 Å². The monoisotopic (exact) mass is 390 g/mol. The smallest absolute Gasteiger partial charge is 0.213 e. The molecule has 0 fully saturated rings. The fraction of sp³-hybridized carbons (Fsp3) is 0.261. The number of hydrazone groups is 1. The van der Waals surface area contributed by atoms with E-state index < -0.39 is 0 Å². The lowest BCUT2D eigenvalue weighted by Crippen LogP contribution is -2.33. The lowest BCUT2D eigenvalue weighted by Gasteiger charge is -2.38. The molecule has 3 aromatic rings. The van der Waals surface area contributed by atoms with Crippen molar-refractivity contribution >= 4 is 17.0 Å². The number of benzene rings is 2. The van der Waals surface area contributed by atoms with Gasteiger partial charge in [0.25, 0.3) is 0 Å². The van der Waals surface area contributed by atoms with Crippen molar-refractivity contribution in [3.63, 3.8) is 0 Å². The summed E-state index contributed by atoms with van der Waals surface area (Å²) >= 11 is 1.74. The predicted molar refractivity (Wildman–Crippen MR) is 112 cm³/mol. The van der Waals surface area contributed by atoms with Crippen molar-refractivity contribution in [1.29, 1.82) is 0 Å². The van der Waals surface area contributed by atoms with Gasteiger partial charge in [0, 0.05) is 17.5 Å². The molecule has 2 atom stereocenters. The minimum Gasteiger partial charge on any atom is -0.494 e. The Kier molecular flexibility index (Phi) is 4.53. The van der Waals surface area contributed by atoms with Crippen LogP contribution in [0.25, 0.3) is 0 Å². The molecule has 3 heterocycles. The second-order valence-corrected chi connectivity index (χ2v) is 8.00. The fourth-order valence-electron chi connectivity index (χ4n) is 3.79.